The molecule has 3 N–H and O–H groups in total. The molecule has 0 saturated carbocycles. The molecule has 9 nitrogen and oxygen atoms in total. The number of hydrogen-bond acceptors (Lipinski definition) is 7. The Kier molecular flexibility index (Phi) is 8.01. The molecule has 0 bridgehead atoms. The first-order chi connectivity index (χ1) is 16.1. The molecule has 0 atom stereocenters. The number of rotatable bonds is 8. The Morgan fingerprint density at radius 1 is 1.09 bits per heavy atom. The van der Waals surface area contributed by atoms with Gasteiger partial charge in [-0.3, -0.25) is 0 Å². The predicted octanol–water partition coefficient (Wildman–Crippen LogP) is 1.16. The summed E-state index contributed by atoms with van der Waals surface area (Å²) in [5.41, 5.74) is 2.61. The largest absolute Gasteiger partial charge is 0.370 e. The molecule has 33 heavy (non-hydrogen) atoms. The van der Waals surface area contributed by atoms with Crippen molar-refractivity contribution >= 4 is 42.5 Å². The average molecular weight is 450 g/mol. The van der Waals surface area contributed by atoms with Crippen LogP contribution in [-0.4, -0.2) is 98.0 Å². The van der Waals surface area contributed by atoms with Gasteiger partial charge in [-0.15, -0.1) is 0 Å². The van der Waals surface area contributed by atoms with E-state index < -0.39 is 0 Å². The van der Waals surface area contributed by atoms with Crippen molar-refractivity contribution in [2.75, 3.05) is 75.4 Å². The van der Waals surface area contributed by atoms with Crippen LogP contribution in [0.5, 0.6) is 0 Å². The van der Waals surface area contributed by atoms with Crippen LogP contribution in [0.15, 0.2) is 30.5 Å². The van der Waals surface area contributed by atoms with E-state index in [9.17, 15) is 4.79 Å². The van der Waals surface area contributed by atoms with Crippen LogP contribution in [0.1, 0.15) is 19.3 Å². The molecular formula is C23H35BN8O. The van der Waals surface area contributed by atoms with E-state index >= 15 is 0 Å². The molecule has 2 aromatic rings. The first kappa shape index (κ1) is 23.3. The first-order valence-electron chi connectivity index (χ1n) is 12.0. The second-order valence-corrected chi connectivity index (χ2v) is 8.98. The van der Waals surface area contributed by atoms with Gasteiger partial charge in [0.2, 0.25) is 5.95 Å². The molecule has 2 aliphatic rings. The summed E-state index contributed by atoms with van der Waals surface area (Å²) in [5.74, 6) is 1.38. The standard InChI is InChI=1S/C23H35BN8O/c1-30-12-14-31(15-13-30)9-5-8-25-21-20(24)17-26-22(29-21)27-18-6-4-7-19(16-18)28-23(33)32-10-2-3-11-32/h4,6-7,16-17H,2-3,5,8-15,24H2,1H3,(H,28,33)(H2,25,26,27,29). The number of likely N-dealkylation sites (N-methyl/N-ethyl adjacent to an activating group) is 1. The van der Waals surface area contributed by atoms with E-state index in [-0.39, 0.29) is 6.03 Å². The number of carbonyl (C=O) groups is 1. The Bertz CT molecular complexity index is 928. The number of benzene rings is 1. The number of carbonyl (C=O) groups excluding carboxylic acids is 1. The zero-order valence-electron chi connectivity index (χ0n) is 19.8. The van der Waals surface area contributed by atoms with Gasteiger partial charge in [0.25, 0.3) is 0 Å². The second kappa shape index (κ2) is 11.3. The summed E-state index contributed by atoms with van der Waals surface area (Å²) in [5, 5.41) is 9.71. The number of hydrogen-bond donors (Lipinski definition) is 3. The maximum atomic E-state index is 12.4. The topological polar surface area (TPSA) is 88.7 Å². The Hall–Kier alpha value is -2.85. The van der Waals surface area contributed by atoms with Crippen LogP contribution in [0.4, 0.5) is 27.9 Å². The molecule has 1 aromatic heterocycles. The summed E-state index contributed by atoms with van der Waals surface area (Å²) in [4.78, 5) is 28.2. The zero-order chi connectivity index (χ0) is 23.0. The third kappa shape index (κ3) is 6.82. The Labute approximate surface area is 197 Å². The minimum absolute atomic E-state index is 0.0423. The molecule has 3 heterocycles. The van der Waals surface area contributed by atoms with Crippen LogP contribution < -0.4 is 21.4 Å². The highest BCUT2D eigenvalue weighted by Gasteiger charge is 2.18. The van der Waals surface area contributed by atoms with Crippen molar-refractivity contribution in [3.63, 3.8) is 0 Å². The van der Waals surface area contributed by atoms with E-state index in [1.165, 1.54) is 0 Å². The van der Waals surface area contributed by atoms with Crippen LogP contribution in [0.3, 0.4) is 0 Å². The summed E-state index contributed by atoms with van der Waals surface area (Å²) in [6, 6.07) is 7.60. The normalized spacial score (nSPS) is 17.2. The highest BCUT2D eigenvalue weighted by molar-refractivity contribution is 6.35. The highest BCUT2D eigenvalue weighted by Crippen LogP contribution is 2.19. The van der Waals surface area contributed by atoms with E-state index in [0.717, 1.165) is 94.3 Å². The minimum atomic E-state index is -0.0423. The quantitative estimate of drug-likeness (QED) is 0.411. The first-order valence-corrected chi connectivity index (χ1v) is 12.0. The number of amides is 2. The van der Waals surface area contributed by atoms with Gasteiger partial charge in [0.15, 0.2) is 0 Å². The lowest BCUT2D eigenvalue weighted by molar-refractivity contribution is 0.154. The Balaban J connectivity index is 1.28. The molecule has 0 aliphatic carbocycles. The summed E-state index contributed by atoms with van der Waals surface area (Å²) in [6.45, 7) is 8.22. The molecule has 0 radical (unpaired) electrons. The highest BCUT2D eigenvalue weighted by atomic mass is 16.2. The summed E-state index contributed by atoms with van der Waals surface area (Å²) in [6.07, 6.45) is 5.06. The predicted molar refractivity (Wildman–Crippen MR) is 137 cm³/mol. The van der Waals surface area contributed by atoms with Crippen LogP contribution in [-0.2, 0) is 0 Å². The maximum Gasteiger partial charge on any atom is 0.321 e. The van der Waals surface area contributed by atoms with Gasteiger partial charge in [0.1, 0.15) is 13.7 Å². The molecule has 2 aliphatic heterocycles. The third-order valence-electron chi connectivity index (χ3n) is 6.27. The molecule has 0 unspecified atom stereocenters. The fourth-order valence-electron chi connectivity index (χ4n) is 4.19. The van der Waals surface area contributed by atoms with E-state index in [4.69, 9.17) is 0 Å². The zero-order valence-corrected chi connectivity index (χ0v) is 19.8. The number of likely N-dealkylation sites (tertiary alicyclic amines) is 1. The fraction of sp³-hybridized carbons (Fsp3) is 0.522. The molecular weight excluding hydrogens is 415 g/mol. The molecule has 0 spiro atoms. The Morgan fingerprint density at radius 2 is 1.85 bits per heavy atom. The van der Waals surface area contributed by atoms with Crippen LogP contribution >= 0.6 is 0 Å². The summed E-state index contributed by atoms with van der Waals surface area (Å²) < 4.78 is 0. The number of anilines is 4. The van der Waals surface area contributed by atoms with Gasteiger partial charge < -0.3 is 30.7 Å². The summed E-state index contributed by atoms with van der Waals surface area (Å²) >= 11 is 0. The Morgan fingerprint density at radius 3 is 2.64 bits per heavy atom. The van der Waals surface area contributed by atoms with Crippen molar-refractivity contribution in [1.29, 1.82) is 0 Å². The number of aromatic nitrogens is 2. The lowest BCUT2D eigenvalue weighted by Gasteiger charge is -2.32. The molecule has 2 amide bonds. The molecule has 4 rings (SSSR count). The van der Waals surface area contributed by atoms with Crippen molar-refractivity contribution in [2.45, 2.75) is 19.3 Å². The number of nitrogens with zero attached hydrogens (tertiary/aromatic N) is 5. The van der Waals surface area contributed by atoms with Crippen LogP contribution in [0.25, 0.3) is 0 Å². The van der Waals surface area contributed by atoms with Gasteiger partial charge in [-0.1, -0.05) is 6.07 Å². The monoisotopic (exact) mass is 450 g/mol. The van der Waals surface area contributed by atoms with Gasteiger partial charge in [0.05, 0.1) is 0 Å². The van der Waals surface area contributed by atoms with E-state index in [1.54, 1.807) is 0 Å². The van der Waals surface area contributed by atoms with Crippen LogP contribution in [0.2, 0.25) is 0 Å². The molecule has 1 aromatic carbocycles. The molecule has 2 fully saturated rings. The van der Waals surface area contributed by atoms with Gasteiger partial charge in [0, 0.05) is 63.4 Å². The average Bonchev–Trinajstić information content (AvgIpc) is 3.35. The van der Waals surface area contributed by atoms with E-state index in [2.05, 4.69) is 42.8 Å². The number of nitrogens with one attached hydrogen (secondary N) is 3. The van der Waals surface area contributed by atoms with Gasteiger partial charge in [-0.2, -0.15) is 4.98 Å². The lowest BCUT2D eigenvalue weighted by atomic mass is 9.99. The fourth-order valence-corrected chi connectivity index (χ4v) is 4.19. The molecule has 176 valence electrons. The second-order valence-electron chi connectivity index (χ2n) is 8.98. The van der Waals surface area contributed by atoms with Crippen molar-refractivity contribution < 1.29 is 4.79 Å². The third-order valence-corrected chi connectivity index (χ3v) is 6.27. The van der Waals surface area contributed by atoms with Gasteiger partial charge in [-0.05, 0) is 56.5 Å². The van der Waals surface area contributed by atoms with Gasteiger partial charge in [-0.25, -0.2) is 9.78 Å². The van der Waals surface area contributed by atoms with Crippen molar-refractivity contribution in [3.05, 3.63) is 30.5 Å². The lowest BCUT2D eigenvalue weighted by Crippen LogP contribution is -2.44. The van der Waals surface area contributed by atoms with Crippen molar-refractivity contribution in [3.8, 4) is 0 Å². The number of urea groups is 1. The molecule has 2 saturated heterocycles. The molecule has 10 heteroatoms. The minimum Gasteiger partial charge on any atom is -0.370 e. The van der Waals surface area contributed by atoms with Crippen LogP contribution in [0, 0.1) is 0 Å². The SMILES string of the molecule is Bc1cnc(Nc2cccc(NC(=O)N3CCCC3)c2)nc1NCCCN1CCN(C)CC1. The van der Waals surface area contributed by atoms with E-state index in [1.807, 2.05) is 43.2 Å². The van der Waals surface area contributed by atoms with Crippen molar-refractivity contribution in [1.82, 2.24) is 24.7 Å². The maximum absolute atomic E-state index is 12.4. The number of piperazine rings is 1. The van der Waals surface area contributed by atoms with Gasteiger partial charge >= 0.3 is 6.03 Å². The smallest absolute Gasteiger partial charge is 0.321 e. The van der Waals surface area contributed by atoms with E-state index in [0.29, 0.717) is 5.95 Å². The van der Waals surface area contributed by atoms with Crippen molar-refractivity contribution in [2.24, 2.45) is 0 Å². The summed E-state index contributed by atoms with van der Waals surface area (Å²) in [7, 11) is 4.20.